The number of halogens is 1. The Morgan fingerprint density at radius 2 is 2.12 bits per heavy atom. The first kappa shape index (κ1) is 14.0. The molecular formula is C14H20ClNO. The second-order valence-corrected chi connectivity index (χ2v) is 4.77. The number of carbonyl (C=O) groups excluding carboxylic acids is 1. The number of nitrogens with zero attached hydrogens (tertiary/aromatic N) is 1. The molecule has 0 bridgehead atoms. The fourth-order valence-electron chi connectivity index (χ4n) is 1.71. The molecule has 2 nitrogen and oxygen atoms in total. The van der Waals surface area contributed by atoms with Gasteiger partial charge in [0.1, 0.15) is 0 Å². The van der Waals surface area contributed by atoms with E-state index in [0.29, 0.717) is 18.0 Å². The number of benzene rings is 1. The largest absolute Gasteiger partial charge is 0.341 e. The molecule has 0 radical (unpaired) electrons. The predicted molar refractivity (Wildman–Crippen MR) is 72.1 cm³/mol. The number of hydrogen-bond donors (Lipinski definition) is 0. The summed E-state index contributed by atoms with van der Waals surface area (Å²) in [7, 11) is 1.84. The van der Waals surface area contributed by atoms with E-state index in [1.165, 1.54) is 0 Å². The number of unbranched alkanes of at least 4 members (excludes halogenated alkanes) is 2. The van der Waals surface area contributed by atoms with E-state index in [9.17, 15) is 4.79 Å². The lowest BCUT2D eigenvalue weighted by atomic mass is 10.1. The summed E-state index contributed by atoms with van der Waals surface area (Å²) in [5.74, 6) is 0.207. The van der Waals surface area contributed by atoms with Crippen LogP contribution < -0.4 is 0 Å². The van der Waals surface area contributed by atoms with Gasteiger partial charge in [-0.15, -0.1) is 0 Å². The zero-order valence-electron chi connectivity index (χ0n) is 10.6. The summed E-state index contributed by atoms with van der Waals surface area (Å²) >= 11 is 5.91. The molecule has 17 heavy (non-hydrogen) atoms. The summed E-state index contributed by atoms with van der Waals surface area (Å²) in [6.07, 6.45) is 3.89. The van der Waals surface area contributed by atoms with Crippen molar-refractivity contribution in [2.45, 2.75) is 39.2 Å². The lowest BCUT2D eigenvalue weighted by molar-refractivity contribution is -0.130. The van der Waals surface area contributed by atoms with E-state index in [-0.39, 0.29) is 5.91 Å². The highest BCUT2D eigenvalue weighted by molar-refractivity contribution is 6.30. The Balaban J connectivity index is 2.43. The number of hydrogen-bond acceptors (Lipinski definition) is 1. The Kier molecular flexibility index (Phi) is 6.06. The molecule has 0 aromatic heterocycles. The topological polar surface area (TPSA) is 20.3 Å². The Morgan fingerprint density at radius 1 is 1.35 bits per heavy atom. The third-order valence-electron chi connectivity index (χ3n) is 2.73. The highest BCUT2D eigenvalue weighted by Crippen LogP contribution is 2.13. The van der Waals surface area contributed by atoms with Gasteiger partial charge in [-0.2, -0.15) is 0 Å². The quantitative estimate of drug-likeness (QED) is 0.705. The second kappa shape index (κ2) is 7.33. The average molecular weight is 254 g/mol. The SMILES string of the molecule is CCCCCC(=O)N(C)Cc1cccc(Cl)c1. The van der Waals surface area contributed by atoms with Crippen LogP contribution in [-0.2, 0) is 11.3 Å². The molecule has 0 aliphatic carbocycles. The molecule has 0 heterocycles. The highest BCUT2D eigenvalue weighted by atomic mass is 35.5. The van der Waals surface area contributed by atoms with E-state index in [2.05, 4.69) is 6.92 Å². The molecular weight excluding hydrogens is 234 g/mol. The predicted octanol–water partition coefficient (Wildman–Crippen LogP) is 3.88. The van der Waals surface area contributed by atoms with Crippen LogP contribution in [0.15, 0.2) is 24.3 Å². The number of rotatable bonds is 6. The van der Waals surface area contributed by atoms with Crippen molar-refractivity contribution < 1.29 is 4.79 Å². The monoisotopic (exact) mass is 253 g/mol. The van der Waals surface area contributed by atoms with E-state index in [4.69, 9.17) is 11.6 Å². The van der Waals surface area contributed by atoms with Crippen molar-refractivity contribution in [3.63, 3.8) is 0 Å². The zero-order chi connectivity index (χ0) is 12.7. The Labute approximate surface area is 109 Å². The van der Waals surface area contributed by atoms with Crippen LogP contribution in [0.3, 0.4) is 0 Å². The second-order valence-electron chi connectivity index (χ2n) is 4.34. The molecule has 0 aliphatic heterocycles. The van der Waals surface area contributed by atoms with Crippen LogP contribution >= 0.6 is 11.6 Å². The number of amides is 1. The van der Waals surface area contributed by atoms with Gasteiger partial charge in [-0.1, -0.05) is 43.5 Å². The van der Waals surface area contributed by atoms with Crippen molar-refractivity contribution in [3.8, 4) is 0 Å². The van der Waals surface area contributed by atoms with E-state index >= 15 is 0 Å². The van der Waals surface area contributed by atoms with Gasteiger partial charge in [-0.05, 0) is 24.1 Å². The summed E-state index contributed by atoms with van der Waals surface area (Å²) in [5.41, 5.74) is 1.07. The Bertz CT molecular complexity index is 365. The van der Waals surface area contributed by atoms with Crippen molar-refractivity contribution in [1.29, 1.82) is 0 Å². The minimum absolute atomic E-state index is 0.207. The molecule has 1 rings (SSSR count). The van der Waals surface area contributed by atoms with Crippen molar-refractivity contribution in [2.24, 2.45) is 0 Å². The van der Waals surface area contributed by atoms with E-state index in [1.807, 2.05) is 31.3 Å². The lowest BCUT2D eigenvalue weighted by Crippen LogP contribution is -2.25. The van der Waals surface area contributed by atoms with Gasteiger partial charge >= 0.3 is 0 Å². The third kappa shape index (κ3) is 5.22. The van der Waals surface area contributed by atoms with E-state index in [0.717, 1.165) is 24.8 Å². The smallest absolute Gasteiger partial charge is 0.222 e. The van der Waals surface area contributed by atoms with Crippen LogP contribution in [0.25, 0.3) is 0 Å². The molecule has 1 amide bonds. The maximum Gasteiger partial charge on any atom is 0.222 e. The third-order valence-corrected chi connectivity index (χ3v) is 2.96. The molecule has 3 heteroatoms. The van der Waals surface area contributed by atoms with Gasteiger partial charge in [0.25, 0.3) is 0 Å². The van der Waals surface area contributed by atoms with Crippen LogP contribution in [0.4, 0.5) is 0 Å². The molecule has 0 N–H and O–H groups in total. The summed E-state index contributed by atoms with van der Waals surface area (Å²) < 4.78 is 0. The molecule has 0 spiro atoms. The van der Waals surface area contributed by atoms with Crippen LogP contribution in [0.2, 0.25) is 5.02 Å². The van der Waals surface area contributed by atoms with Gasteiger partial charge in [-0.25, -0.2) is 0 Å². The zero-order valence-corrected chi connectivity index (χ0v) is 11.3. The highest BCUT2D eigenvalue weighted by Gasteiger charge is 2.08. The minimum atomic E-state index is 0.207. The summed E-state index contributed by atoms with van der Waals surface area (Å²) in [6.45, 7) is 2.77. The average Bonchev–Trinajstić information content (AvgIpc) is 2.29. The summed E-state index contributed by atoms with van der Waals surface area (Å²) in [4.78, 5) is 13.6. The van der Waals surface area contributed by atoms with Crippen molar-refractivity contribution in [2.75, 3.05) is 7.05 Å². The van der Waals surface area contributed by atoms with Crippen LogP contribution in [0.5, 0.6) is 0 Å². The van der Waals surface area contributed by atoms with Gasteiger partial charge in [-0.3, -0.25) is 4.79 Å². The maximum absolute atomic E-state index is 11.8. The van der Waals surface area contributed by atoms with Crippen LogP contribution in [-0.4, -0.2) is 17.9 Å². The molecule has 1 aromatic rings. The van der Waals surface area contributed by atoms with Crippen molar-refractivity contribution >= 4 is 17.5 Å². The first-order valence-electron chi connectivity index (χ1n) is 6.12. The molecule has 0 saturated carbocycles. The minimum Gasteiger partial charge on any atom is -0.341 e. The van der Waals surface area contributed by atoms with Gasteiger partial charge in [0.15, 0.2) is 0 Å². The van der Waals surface area contributed by atoms with Crippen LogP contribution in [0, 0.1) is 0 Å². The molecule has 0 fully saturated rings. The fourth-order valence-corrected chi connectivity index (χ4v) is 1.93. The van der Waals surface area contributed by atoms with Crippen molar-refractivity contribution in [3.05, 3.63) is 34.9 Å². The standard InChI is InChI=1S/C14H20ClNO/c1-3-4-5-9-14(17)16(2)11-12-7-6-8-13(15)10-12/h6-8,10H,3-5,9,11H2,1-2H3. The molecule has 1 aromatic carbocycles. The first-order chi connectivity index (χ1) is 8.13. The van der Waals surface area contributed by atoms with Crippen molar-refractivity contribution in [1.82, 2.24) is 4.90 Å². The Morgan fingerprint density at radius 3 is 2.76 bits per heavy atom. The molecule has 0 atom stereocenters. The van der Waals surface area contributed by atoms with Gasteiger partial charge < -0.3 is 4.90 Å². The number of carbonyl (C=O) groups is 1. The van der Waals surface area contributed by atoms with Crippen LogP contribution in [0.1, 0.15) is 38.2 Å². The van der Waals surface area contributed by atoms with Gasteiger partial charge in [0.2, 0.25) is 5.91 Å². The van der Waals surface area contributed by atoms with Gasteiger partial charge in [0, 0.05) is 25.0 Å². The Hall–Kier alpha value is -1.02. The summed E-state index contributed by atoms with van der Waals surface area (Å²) in [6, 6.07) is 7.64. The van der Waals surface area contributed by atoms with E-state index in [1.54, 1.807) is 4.90 Å². The maximum atomic E-state index is 11.8. The molecule has 0 unspecified atom stereocenters. The first-order valence-corrected chi connectivity index (χ1v) is 6.49. The molecule has 0 aliphatic rings. The fraction of sp³-hybridized carbons (Fsp3) is 0.500. The summed E-state index contributed by atoms with van der Waals surface area (Å²) in [5, 5.41) is 0.717. The lowest BCUT2D eigenvalue weighted by Gasteiger charge is -2.17. The normalized spacial score (nSPS) is 10.3. The van der Waals surface area contributed by atoms with E-state index < -0.39 is 0 Å². The molecule has 0 saturated heterocycles. The molecule has 94 valence electrons. The van der Waals surface area contributed by atoms with Gasteiger partial charge in [0.05, 0.1) is 0 Å².